The van der Waals surface area contributed by atoms with Gasteiger partial charge in [0.1, 0.15) is 5.82 Å². The summed E-state index contributed by atoms with van der Waals surface area (Å²) in [6, 6.07) is 7.14. The molecule has 4 fully saturated rings. The molecule has 0 radical (unpaired) electrons. The fourth-order valence-electron chi connectivity index (χ4n) is 6.08. The van der Waals surface area contributed by atoms with Crippen LogP contribution in [0.2, 0.25) is 0 Å². The third-order valence-corrected chi connectivity index (χ3v) is 7.60. The summed E-state index contributed by atoms with van der Waals surface area (Å²) in [7, 11) is 0. The molecule has 0 spiro atoms. The fraction of sp³-hybridized carbons (Fsp3) is 0.667. The average molecular weight is 337 g/mol. The Morgan fingerprint density at radius 1 is 1.10 bits per heavy atom. The van der Waals surface area contributed by atoms with Gasteiger partial charge in [-0.25, -0.2) is 4.39 Å². The van der Waals surface area contributed by atoms with E-state index in [9.17, 15) is 4.39 Å². The first-order valence-corrected chi connectivity index (χ1v) is 8.79. The molecule has 0 aliphatic heterocycles. The summed E-state index contributed by atoms with van der Waals surface area (Å²) in [5.74, 6) is 1.73. The summed E-state index contributed by atoms with van der Waals surface area (Å²) in [6.07, 6.45) is 8.42. The normalized spacial score (nSPS) is 43.8. The van der Waals surface area contributed by atoms with E-state index >= 15 is 0 Å². The highest BCUT2D eigenvalue weighted by Crippen LogP contribution is 2.69. The van der Waals surface area contributed by atoms with E-state index in [1.807, 2.05) is 12.1 Å². The molecule has 0 aromatic heterocycles. The Labute approximate surface area is 129 Å². The molecule has 20 heavy (non-hydrogen) atoms. The van der Waals surface area contributed by atoms with Crippen LogP contribution in [0.5, 0.6) is 0 Å². The van der Waals surface area contributed by atoms with Crippen molar-refractivity contribution in [3.63, 3.8) is 0 Å². The van der Waals surface area contributed by atoms with Crippen LogP contribution in [0.4, 0.5) is 4.39 Å². The predicted molar refractivity (Wildman–Crippen MR) is 83.3 cm³/mol. The van der Waals surface area contributed by atoms with Crippen LogP contribution < -0.4 is 0 Å². The quantitative estimate of drug-likeness (QED) is 0.592. The van der Waals surface area contributed by atoms with E-state index in [0.717, 1.165) is 11.8 Å². The van der Waals surface area contributed by atoms with Gasteiger partial charge in [-0.2, -0.15) is 0 Å². The predicted octanol–water partition coefficient (Wildman–Crippen LogP) is 5.87. The minimum atomic E-state index is -0.133. The summed E-state index contributed by atoms with van der Waals surface area (Å²) >= 11 is 4.00. The van der Waals surface area contributed by atoms with Gasteiger partial charge in [-0.1, -0.05) is 35.0 Å². The molecule has 4 bridgehead atoms. The molecule has 4 saturated carbocycles. The third kappa shape index (κ3) is 1.98. The molecule has 3 atom stereocenters. The largest absolute Gasteiger partial charge is 0.207 e. The fourth-order valence-corrected chi connectivity index (χ4v) is 6.92. The van der Waals surface area contributed by atoms with Crippen LogP contribution >= 0.6 is 15.9 Å². The molecule has 1 aromatic carbocycles. The second kappa shape index (κ2) is 4.32. The van der Waals surface area contributed by atoms with Crippen molar-refractivity contribution >= 4 is 15.9 Å². The molecule has 0 saturated heterocycles. The summed E-state index contributed by atoms with van der Waals surface area (Å²) in [6.45, 7) is 2.50. The zero-order chi connectivity index (χ0) is 14.0. The SMILES string of the molecule is CC12CC3CC(C1)CC(C(Br)c1ccc(F)cc1)(C3)C2. The Morgan fingerprint density at radius 2 is 1.70 bits per heavy atom. The average Bonchev–Trinajstić information content (AvgIpc) is 2.36. The van der Waals surface area contributed by atoms with E-state index < -0.39 is 0 Å². The number of hydrogen-bond acceptors (Lipinski definition) is 0. The molecular weight excluding hydrogens is 315 g/mol. The number of alkyl halides is 1. The summed E-state index contributed by atoms with van der Waals surface area (Å²) < 4.78 is 13.2. The van der Waals surface area contributed by atoms with Gasteiger partial charge in [-0.3, -0.25) is 0 Å². The summed E-state index contributed by atoms with van der Waals surface area (Å²) in [4.78, 5) is 0.390. The molecule has 2 heteroatoms. The van der Waals surface area contributed by atoms with Gasteiger partial charge >= 0.3 is 0 Å². The highest BCUT2D eigenvalue weighted by molar-refractivity contribution is 9.09. The lowest BCUT2D eigenvalue weighted by Gasteiger charge is -2.63. The molecule has 0 N–H and O–H groups in total. The smallest absolute Gasteiger partial charge is 0.123 e. The molecule has 4 aliphatic rings. The standard InChI is InChI=1S/C18H22BrF/c1-17-7-12-6-13(8-17)10-18(9-12,11-17)16(19)14-2-4-15(20)5-3-14/h2-5,12-13,16H,6-11H2,1H3. The van der Waals surface area contributed by atoms with Crippen LogP contribution in [-0.4, -0.2) is 0 Å². The van der Waals surface area contributed by atoms with Crippen LogP contribution in [0.1, 0.15) is 55.8 Å². The number of halogens is 2. The Kier molecular flexibility index (Phi) is 2.87. The van der Waals surface area contributed by atoms with Gasteiger partial charge in [-0.05, 0) is 78.9 Å². The van der Waals surface area contributed by atoms with E-state index in [0.29, 0.717) is 15.7 Å². The Hall–Kier alpha value is -0.370. The van der Waals surface area contributed by atoms with Crippen molar-refractivity contribution in [2.24, 2.45) is 22.7 Å². The third-order valence-electron chi connectivity index (χ3n) is 6.10. The maximum Gasteiger partial charge on any atom is 0.123 e. The van der Waals surface area contributed by atoms with Crippen LogP contribution in [0.15, 0.2) is 24.3 Å². The van der Waals surface area contributed by atoms with E-state index in [2.05, 4.69) is 22.9 Å². The molecule has 4 aliphatic carbocycles. The van der Waals surface area contributed by atoms with E-state index in [1.165, 1.54) is 44.1 Å². The molecule has 0 heterocycles. The van der Waals surface area contributed by atoms with Crippen molar-refractivity contribution in [2.45, 2.75) is 50.3 Å². The van der Waals surface area contributed by atoms with E-state index in [-0.39, 0.29) is 5.82 Å². The topological polar surface area (TPSA) is 0 Å². The first-order chi connectivity index (χ1) is 9.48. The Morgan fingerprint density at radius 3 is 2.25 bits per heavy atom. The van der Waals surface area contributed by atoms with Crippen molar-refractivity contribution < 1.29 is 4.39 Å². The van der Waals surface area contributed by atoms with Crippen LogP contribution in [0.3, 0.4) is 0 Å². The van der Waals surface area contributed by atoms with Crippen molar-refractivity contribution in [2.75, 3.05) is 0 Å². The van der Waals surface area contributed by atoms with Crippen molar-refractivity contribution in [3.05, 3.63) is 35.6 Å². The maximum absolute atomic E-state index is 13.2. The van der Waals surface area contributed by atoms with Gasteiger partial charge < -0.3 is 0 Å². The molecule has 0 amide bonds. The van der Waals surface area contributed by atoms with Crippen molar-refractivity contribution in [3.8, 4) is 0 Å². The lowest BCUT2D eigenvalue weighted by Crippen LogP contribution is -2.52. The second-order valence-corrected chi connectivity index (χ2v) is 8.96. The zero-order valence-electron chi connectivity index (χ0n) is 12.0. The number of benzene rings is 1. The van der Waals surface area contributed by atoms with E-state index in [1.54, 1.807) is 12.1 Å². The number of hydrogen-bond donors (Lipinski definition) is 0. The highest BCUT2D eigenvalue weighted by atomic mass is 79.9. The lowest BCUT2D eigenvalue weighted by molar-refractivity contribution is -0.101. The van der Waals surface area contributed by atoms with Crippen LogP contribution in [0.25, 0.3) is 0 Å². The van der Waals surface area contributed by atoms with Crippen molar-refractivity contribution in [1.82, 2.24) is 0 Å². The molecule has 3 unspecified atom stereocenters. The summed E-state index contributed by atoms with van der Waals surface area (Å²) in [5, 5.41) is 0. The first-order valence-electron chi connectivity index (χ1n) is 7.88. The van der Waals surface area contributed by atoms with Gasteiger partial charge in [0.15, 0.2) is 0 Å². The number of rotatable bonds is 2. The maximum atomic E-state index is 13.2. The zero-order valence-corrected chi connectivity index (χ0v) is 13.6. The highest BCUT2D eigenvalue weighted by Gasteiger charge is 2.58. The van der Waals surface area contributed by atoms with Gasteiger partial charge in [0.05, 0.1) is 0 Å². The Bertz CT molecular complexity index is 507. The van der Waals surface area contributed by atoms with Gasteiger partial charge in [0, 0.05) is 4.83 Å². The lowest BCUT2D eigenvalue weighted by atomic mass is 9.44. The molecule has 1 aromatic rings. The van der Waals surface area contributed by atoms with Crippen LogP contribution in [-0.2, 0) is 0 Å². The van der Waals surface area contributed by atoms with Crippen LogP contribution in [0, 0.1) is 28.5 Å². The Balaban J connectivity index is 1.68. The first kappa shape index (κ1) is 13.3. The molecule has 108 valence electrons. The van der Waals surface area contributed by atoms with Crippen molar-refractivity contribution in [1.29, 1.82) is 0 Å². The second-order valence-electron chi connectivity index (χ2n) is 8.05. The van der Waals surface area contributed by atoms with Gasteiger partial charge in [0.2, 0.25) is 0 Å². The van der Waals surface area contributed by atoms with Gasteiger partial charge in [0.25, 0.3) is 0 Å². The minimum Gasteiger partial charge on any atom is -0.207 e. The monoisotopic (exact) mass is 336 g/mol. The minimum absolute atomic E-state index is 0.133. The van der Waals surface area contributed by atoms with E-state index in [4.69, 9.17) is 0 Å². The molecule has 0 nitrogen and oxygen atoms in total. The molecular formula is C18H22BrF. The van der Waals surface area contributed by atoms with Gasteiger partial charge in [-0.15, -0.1) is 0 Å². The molecule has 5 rings (SSSR count). The summed E-state index contributed by atoms with van der Waals surface area (Å²) in [5.41, 5.74) is 2.24.